The number of hydrogen-bond acceptors (Lipinski definition) is 15. The van der Waals surface area contributed by atoms with Crippen molar-refractivity contribution in [3.63, 3.8) is 0 Å². The third-order valence-corrected chi connectivity index (χ3v) is 10.4. The zero-order valence-electron chi connectivity index (χ0n) is 35.2. The van der Waals surface area contributed by atoms with Crippen LogP contribution in [0.25, 0.3) is 0 Å². The van der Waals surface area contributed by atoms with Gasteiger partial charge in [-0.3, -0.25) is 24.0 Å². The molecule has 0 heterocycles. The first kappa shape index (κ1) is 54.3. The van der Waals surface area contributed by atoms with Crippen LogP contribution in [0, 0.1) is 11.3 Å². The second kappa shape index (κ2) is 31.2. The van der Waals surface area contributed by atoms with Crippen LogP contribution in [0.3, 0.4) is 0 Å². The van der Waals surface area contributed by atoms with Crippen molar-refractivity contribution in [3.8, 4) is 5.75 Å². The second-order valence-electron chi connectivity index (χ2n) is 15.7. The van der Waals surface area contributed by atoms with Gasteiger partial charge in [0.15, 0.2) is 0 Å². The molecule has 2 rings (SSSR count). The fourth-order valence-electron chi connectivity index (χ4n) is 6.41. The van der Waals surface area contributed by atoms with Crippen molar-refractivity contribution < 1.29 is 47.7 Å². The number of ether oxygens (including phenoxy) is 5. The van der Waals surface area contributed by atoms with Crippen LogP contribution in [-0.4, -0.2) is 89.4 Å². The van der Waals surface area contributed by atoms with Crippen LogP contribution in [0.15, 0.2) is 24.3 Å². The number of esters is 4. The summed E-state index contributed by atoms with van der Waals surface area (Å²) in [7, 11) is 0. The van der Waals surface area contributed by atoms with Crippen LogP contribution in [-0.2, 0) is 42.9 Å². The average Bonchev–Trinajstić information content (AvgIpc) is 3.14. The van der Waals surface area contributed by atoms with Crippen LogP contribution >= 0.6 is 63.1 Å². The Morgan fingerprint density at radius 2 is 1.14 bits per heavy atom. The highest BCUT2D eigenvalue weighted by atomic mass is 32.1. The van der Waals surface area contributed by atoms with E-state index in [1.165, 1.54) is 44.1 Å². The second-order valence-corrected chi connectivity index (χ2v) is 19.7. The Morgan fingerprint density at radius 1 is 0.655 bits per heavy atom. The van der Waals surface area contributed by atoms with Crippen molar-refractivity contribution in [2.45, 2.75) is 151 Å². The van der Waals surface area contributed by atoms with E-state index in [1.807, 2.05) is 6.92 Å². The monoisotopic (exact) mass is 906 g/mol. The third-order valence-electron chi connectivity index (χ3n) is 9.49. The van der Waals surface area contributed by atoms with E-state index in [1.54, 1.807) is 20.8 Å². The molecule has 1 aromatic rings. The van der Waals surface area contributed by atoms with Gasteiger partial charge in [0.25, 0.3) is 0 Å². The van der Waals surface area contributed by atoms with Gasteiger partial charge in [-0.1, -0.05) is 59.6 Å². The van der Waals surface area contributed by atoms with Crippen molar-refractivity contribution in [3.05, 3.63) is 29.8 Å². The van der Waals surface area contributed by atoms with Gasteiger partial charge < -0.3 is 23.7 Å². The summed E-state index contributed by atoms with van der Waals surface area (Å²) in [6.45, 7) is 9.82. The fraction of sp³-hybridized carbons (Fsp3) is 0.744. The number of Topliss-reactive ketones (excluding diaryl/α,β-unsaturated/α-hetero) is 1. The Labute approximate surface area is 375 Å². The molecule has 0 saturated heterocycles. The molecule has 1 aliphatic carbocycles. The minimum absolute atomic E-state index is 0.0391. The molecule has 0 N–H and O–H groups in total. The SMILES string of the molecule is CC(S)CC(=O)CCC(COC(=O)CC(C)S)(COC(=O)CC(C)S)COC(=O)CC(C)S.CCCC1CCC(c2ccc(OCCCOC(=O)CCS)cc2)CC1. The summed E-state index contributed by atoms with van der Waals surface area (Å²) in [5.41, 5.74) is 0.374. The topological polar surface area (TPSA) is 132 Å². The average molecular weight is 907 g/mol. The summed E-state index contributed by atoms with van der Waals surface area (Å²) in [6, 6.07) is 8.57. The molecule has 15 heteroatoms. The molecule has 4 unspecified atom stereocenters. The molecular formula is C43H70O10S5. The minimum Gasteiger partial charge on any atom is -0.493 e. The maximum Gasteiger partial charge on any atom is 0.306 e. The van der Waals surface area contributed by atoms with Crippen LogP contribution in [0.1, 0.15) is 136 Å². The van der Waals surface area contributed by atoms with E-state index in [2.05, 4.69) is 94.3 Å². The first-order chi connectivity index (χ1) is 27.5. The Balaban J connectivity index is 0.000000600. The molecule has 0 radical (unpaired) electrons. The number of ketones is 1. The van der Waals surface area contributed by atoms with Gasteiger partial charge in [0.05, 0.1) is 44.3 Å². The number of carbonyl (C=O) groups is 5. The molecule has 0 bridgehead atoms. The van der Waals surface area contributed by atoms with Crippen molar-refractivity contribution in [1.82, 2.24) is 0 Å². The third kappa shape index (κ3) is 26.5. The first-order valence-corrected chi connectivity index (χ1v) is 23.4. The molecule has 4 atom stereocenters. The molecule has 1 aliphatic rings. The van der Waals surface area contributed by atoms with E-state index < -0.39 is 23.3 Å². The zero-order chi connectivity index (χ0) is 43.5. The molecule has 1 aromatic carbocycles. The van der Waals surface area contributed by atoms with Crippen molar-refractivity contribution in [2.75, 3.05) is 38.8 Å². The molecule has 0 aliphatic heterocycles. The Kier molecular flexibility index (Phi) is 29.2. The Bertz CT molecular complexity index is 1220. The van der Waals surface area contributed by atoms with Gasteiger partial charge in [0.2, 0.25) is 0 Å². The highest BCUT2D eigenvalue weighted by Gasteiger charge is 2.37. The molecule has 1 fully saturated rings. The standard InChI is InChI=1S/C22H38O7S4.C21H32O3S/c1-14(30)7-18(23)5-6-22(11-27-19(24)8-15(2)31,12-28-20(25)9-16(3)32)13-29-21(26)10-17(4)33;1-2-4-17-5-7-18(8-6-17)19-9-11-20(12-10-19)23-14-3-15-24-21(22)13-16-25/h14-17,30-33H,5-13H2,1-4H3;9-12,17-18,25H,2-8,13-16H2,1H3. The lowest BCUT2D eigenvalue weighted by Crippen LogP contribution is -2.40. The van der Waals surface area contributed by atoms with Crippen molar-refractivity contribution in [2.24, 2.45) is 11.3 Å². The van der Waals surface area contributed by atoms with E-state index >= 15 is 0 Å². The lowest BCUT2D eigenvalue weighted by atomic mass is 9.77. The van der Waals surface area contributed by atoms with E-state index in [-0.39, 0.29) is 91.1 Å². The smallest absolute Gasteiger partial charge is 0.306 e. The van der Waals surface area contributed by atoms with Crippen LogP contribution < -0.4 is 4.74 Å². The molecular weight excluding hydrogens is 837 g/mol. The fourth-order valence-corrected chi connectivity index (χ4v) is 7.24. The van der Waals surface area contributed by atoms with E-state index in [0.717, 1.165) is 11.7 Å². The molecule has 58 heavy (non-hydrogen) atoms. The highest BCUT2D eigenvalue weighted by molar-refractivity contribution is 7.81. The van der Waals surface area contributed by atoms with Crippen LogP contribution in [0.4, 0.5) is 0 Å². The molecule has 10 nitrogen and oxygen atoms in total. The normalized spacial score (nSPS) is 18.2. The highest BCUT2D eigenvalue weighted by Crippen LogP contribution is 2.38. The summed E-state index contributed by atoms with van der Waals surface area (Å²) in [5.74, 6) is 1.41. The van der Waals surface area contributed by atoms with Gasteiger partial charge in [-0.25, -0.2) is 0 Å². The molecule has 0 aromatic heterocycles. The predicted octanol–water partition coefficient (Wildman–Crippen LogP) is 9.18. The summed E-state index contributed by atoms with van der Waals surface area (Å²) in [4.78, 5) is 60.1. The largest absolute Gasteiger partial charge is 0.493 e. The quantitative estimate of drug-likeness (QED) is 0.0252. The summed E-state index contributed by atoms with van der Waals surface area (Å²) in [6.07, 6.45) is 10.0. The summed E-state index contributed by atoms with van der Waals surface area (Å²) >= 11 is 20.8. The van der Waals surface area contributed by atoms with Gasteiger partial charge >= 0.3 is 23.9 Å². The molecule has 1 saturated carbocycles. The lowest BCUT2D eigenvalue weighted by molar-refractivity contribution is -0.162. The number of hydrogen-bond donors (Lipinski definition) is 5. The van der Waals surface area contributed by atoms with Gasteiger partial charge in [-0.05, 0) is 61.6 Å². The maximum atomic E-state index is 12.3. The van der Waals surface area contributed by atoms with Crippen molar-refractivity contribution in [1.29, 1.82) is 0 Å². The maximum absolute atomic E-state index is 12.3. The first-order valence-electron chi connectivity index (χ1n) is 20.7. The number of benzene rings is 1. The molecule has 0 amide bonds. The van der Waals surface area contributed by atoms with Crippen LogP contribution in [0.5, 0.6) is 5.75 Å². The van der Waals surface area contributed by atoms with E-state index in [9.17, 15) is 24.0 Å². The minimum atomic E-state index is -1.07. The van der Waals surface area contributed by atoms with Crippen molar-refractivity contribution >= 4 is 92.8 Å². The van der Waals surface area contributed by atoms with Gasteiger partial charge in [0.1, 0.15) is 31.4 Å². The summed E-state index contributed by atoms with van der Waals surface area (Å²) < 4.78 is 27.1. The Morgan fingerprint density at radius 3 is 1.57 bits per heavy atom. The summed E-state index contributed by atoms with van der Waals surface area (Å²) in [5, 5.41) is -0.703. The van der Waals surface area contributed by atoms with Gasteiger partial charge in [0, 0.05) is 46.0 Å². The lowest BCUT2D eigenvalue weighted by Gasteiger charge is -2.32. The van der Waals surface area contributed by atoms with Gasteiger partial charge in [-0.15, -0.1) is 0 Å². The number of carbonyl (C=O) groups excluding carboxylic acids is 5. The number of rotatable bonds is 27. The molecule has 332 valence electrons. The molecule has 0 spiro atoms. The predicted molar refractivity (Wildman–Crippen MR) is 247 cm³/mol. The van der Waals surface area contributed by atoms with Crippen LogP contribution in [0.2, 0.25) is 0 Å². The number of thiol groups is 5. The van der Waals surface area contributed by atoms with Gasteiger partial charge in [-0.2, -0.15) is 63.1 Å². The van der Waals surface area contributed by atoms with E-state index in [4.69, 9.17) is 23.7 Å². The Hall–Kier alpha value is -1.68. The van der Waals surface area contributed by atoms with E-state index in [0.29, 0.717) is 37.7 Å². The zero-order valence-corrected chi connectivity index (χ0v) is 39.7.